The van der Waals surface area contributed by atoms with Gasteiger partial charge in [-0.2, -0.15) is 0 Å². The molecule has 0 spiro atoms. The number of hydrogen-bond acceptors (Lipinski definition) is 24. The van der Waals surface area contributed by atoms with Gasteiger partial charge in [-0.05, 0) is 118 Å². The van der Waals surface area contributed by atoms with E-state index in [-0.39, 0.29) is 113 Å². The number of nitrogens with one attached hydrogen (secondary N) is 5. The standard InChI is InChI=1S/C81H120N10O22.O3S/c1-10-49(8)74(67(99)43-55(76(82)108)37-46(2)3)89-78(110)54(26-34-71(103)104)42-64(96)60(29-35-72(105)106)87-79(111)56(39-51-19-14-13-15-20-51)44-66(98)61(38-47(4)5)88-77(109)53(21-18-36-85-81(83)84)41-65(97)62(40-52-24-27-57(93)28-25-52)86-68(100)31-30-63(95)75(50(9)92)90-80(112)59(48(6)7)45-58(94)22-16-11-12-17-23-73(107)113-91-69(101)32-33-70(91)102;1-4(2)3/h13-15,19-20,24-25,27-28,46-50,53-56,59-62,74-75,92-93H,10-12,16-18,21-23,26,29-45H2,1-9H3,(H2,82,108)(H,86,100)(H,87,111)(H,88,109)(H,89,110)(H,90,112)(H,103,104)(H,105,106)(H4,83,84,85);/t49-,50+,53+,54+,55+,56+,59-,60-,61-,62-,74-,75-;/m0./s1. The predicted molar refractivity (Wildman–Crippen MR) is 424 cm³/mol. The highest BCUT2D eigenvalue weighted by Gasteiger charge is 2.39. The molecule has 1 saturated heterocycles. The Hall–Kier alpha value is -10.5. The Balaban J connectivity index is 0.0000113. The first kappa shape index (κ1) is 103. The van der Waals surface area contributed by atoms with Crippen molar-refractivity contribution in [2.75, 3.05) is 6.54 Å². The number of ketones is 6. The second-order valence-electron chi connectivity index (χ2n) is 31.1. The summed E-state index contributed by atoms with van der Waals surface area (Å²) in [4.78, 5) is 238. The van der Waals surface area contributed by atoms with Gasteiger partial charge < -0.3 is 69.0 Å². The maximum Gasteiger partial charge on any atom is 0.425 e. The number of aliphatic hydroxyl groups is 1. The van der Waals surface area contributed by atoms with Crippen LogP contribution >= 0.6 is 0 Å². The average molecular weight is 1670 g/mol. The maximum absolute atomic E-state index is 15.0. The van der Waals surface area contributed by atoms with Gasteiger partial charge in [0, 0.05) is 120 Å². The highest BCUT2D eigenvalue weighted by molar-refractivity contribution is 7.59. The maximum atomic E-state index is 15.0. The summed E-state index contributed by atoms with van der Waals surface area (Å²) in [6.07, 6.45) is -5.02. The Morgan fingerprint density at radius 3 is 1.54 bits per heavy atom. The molecule has 0 aromatic heterocycles. The number of carbonyl (C=O) groups excluding carboxylic acids is 15. The molecule has 8 amide bonds. The first-order chi connectivity index (χ1) is 54.9. The number of nitrogens with two attached hydrogens (primary N) is 3. The summed E-state index contributed by atoms with van der Waals surface area (Å²) in [6, 6.07) is 7.03. The van der Waals surface area contributed by atoms with E-state index in [2.05, 4.69) is 31.6 Å². The Bertz CT molecular complexity index is 3850. The zero-order valence-corrected chi connectivity index (χ0v) is 69.2. The summed E-state index contributed by atoms with van der Waals surface area (Å²) < 4.78 is 25.3. The fourth-order valence-electron chi connectivity index (χ4n) is 13.2. The molecule has 35 nitrogen and oxygen atoms in total. The lowest BCUT2D eigenvalue weighted by Gasteiger charge is -2.28. The van der Waals surface area contributed by atoms with E-state index in [9.17, 15) is 102 Å². The van der Waals surface area contributed by atoms with Crippen LogP contribution in [0.25, 0.3) is 0 Å². The minimum atomic E-state index is -3.11. The molecule has 12 atom stereocenters. The summed E-state index contributed by atoms with van der Waals surface area (Å²) in [7, 11) is -3.11. The van der Waals surface area contributed by atoms with Gasteiger partial charge in [-0.25, -0.2) is 4.79 Å². The summed E-state index contributed by atoms with van der Waals surface area (Å²) in [5.74, 6) is -20.6. The number of unbranched alkanes of at least 4 members (excludes halogenated alkanes) is 3. The van der Waals surface area contributed by atoms with Crippen LogP contribution in [0.1, 0.15) is 228 Å². The number of phenolic OH excluding ortho intramolecular Hbond substituents is 1. The molecule has 0 saturated carbocycles. The lowest BCUT2D eigenvalue weighted by Crippen LogP contribution is -2.51. The van der Waals surface area contributed by atoms with Crippen LogP contribution in [0.4, 0.5) is 0 Å². The Morgan fingerprint density at radius 2 is 1.00 bits per heavy atom. The molecule has 117 heavy (non-hydrogen) atoms. The number of hydroxylamine groups is 2. The number of amides is 8. The van der Waals surface area contributed by atoms with E-state index in [0.717, 1.165) is 0 Å². The number of carboxylic acids is 2. The molecule has 1 aliphatic rings. The molecule has 0 radical (unpaired) electrons. The number of Topliss-reactive ketones (excluding diaryl/α,β-unsaturated/α-hetero) is 6. The number of phenols is 1. The first-order valence-electron chi connectivity index (χ1n) is 39.7. The number of aliphatic carboxylic acids is 2. The highest BCUT2D eigenvalue weighted by Crippen LogP contribution is 2.27. The third kappa shape index (κ3) is 41.2. The SMILES string of the molecule is CC[C@H](C)[C@H](NC(=O)[C@H](CCC(=O)O)CC(=O)[C@H](CCC(=O)O)NC(=O)[C@@H](CC(=O)[C@H](CC(C)C)NC(=O)[C@H](CCCN=C(N)N)CC(=O)[C@H](Cc1ccc(O)cc1)NC(=O)CCC(=O)[C@@H](NC(=O)[C@@H](CC(=O)CCCCCCC(=O)ON1C(=O)CCC1=O)C(C)C)[C@@H](C)O)Cc1ccccc1)C(=O)C[C@@H](CC(C)C)C(N)=O.O=S(=O)=O. The van der Waals surface area contributed by atoms with Crippen molar-refractivity contribution >= 4 is 116 Å². The topological polar surface area (TPSA) is 585 Å². The van der Waals surface area contributed by atoms with Crippen LogP contribution in [0.2, 0.25) is 0 Å². The third-order valence-electron chi connectivity index (χ3n) is 19.9. The van der Waals surface area contributed by atoms with Gasteiger partial charge in [-0.1, -0.05) is 117 Å². The lowest BCUT2D eigenvalue weighted by atomic mass is 9.85. The fraction of sp³-hybridized carbons (Fsp3) is 0.630. The molecule has 1 heterocycles. The number of primary amides is 1. The highest BCUT2D eigenvalue weighted by atomic mass is 32.2. The van der Waals surface area contributed by atoms with E-state index in [1.165, 1.54) is 31.2 Å². The van der Waals surface area contributed by atoms with Crippen molar-refractivity contribution in [2.24, 2.45) is 75.5 Å². The fourth-order valence-corrected chi connectivity index (χ4v) is 13.2. The number of nitrogens with zero attached hydrogens (tertiary/aromatic N) is 2. The van der Waals surface area contributed by atoms with E-state index in [1.54, 1.807) is 71.9 Å². The van der Waals surface area contributed by atoms with Crippen LogP contribution in [-0.4, -0.2) is 187 Å². The number of rotatable bonds is 58. The van der Waals surface area contributed by atoms with Gasteiger partial charge in [0.2, 0.25) is 35.4 Å². The summed E-state index contributed by atoms with van der Waals surface area (Å²) in [5.41, 5.74) is 17.9. The van der Waals surface area contributed by atoms with Crippen molar-refractivity contribution in [3.63, 3.8) is 0 Å². The number of aliphatic hydroxyl groups excluding tert-OH is 1. The van der Waals surface area contributed by atoms with E-state index in [1.807, 2.05) is 13.8 Å². The predicted octanol–water partition coefficient (Wildman–Crippen LogP) is 4.21. The average Bonchev–Trinajstić information content (AvgIpc) is 1.73. The molecule has 0 aliphatic carbocycles. The van der Waals surface area contributed by atoms with Crippen LogP contribution < -0.4 is 43.8 Å². The summed E-state index contributed by atoms with van der Waals surface area (Å²) >= 11 is 0. The van der Waals surface area contributed by atoms with Crippen LogP contribution in [0.15, 0.2) is 59.6 Å². The molecule has 1 fully saturated rings. The smallest absolute Gasteiger partial charge is 0.425 e. The third-order valence-corrected chi connectivity index (χ3v) is 19.9. The number of carboxylic acid groups (broad SMARTS) is 2. The van der Waals surface area contributed by atoms with E-state index in [0.29, 0.717) is 48.3 Å². The minimum absolute atomic E-state index is 0.00849. The number of benzene rings is 2. The van der Waals surface area contributed by atoms with E-state index in [4.69, 9.17) is 34.7 Å². The molecule has 0 unspecified atom stereocenters. The summed E-state index contributed by atoms with van der Waals surface area (Å²) in [6.45, 7) is 15.3. The second-order valence-corrected chi connectivity index (χ2v) is 31.5. The Kier molecular flexibility index (Phi) is 47.0. The lowest BCUT2D eigenvalue weighted by molar-refractivity contribution is -0.197. The molecule has 0 bridgehead atoms. The van der Waals surface area contributed by atoms with Gasteiger partial charge in [0.1, 0.15) is 17.6 Å². The molecule has 36 heteroatoms. The van der Waals surface area contributed by atoms with Gasteiger partial charge in [0.25, 0.3) is 11.8 Å². The van der Waals surface area contributed by atoms with Gasteiger partial charge in [-0.15, -0.1) is 17.7 Å². The number of hydrogen-bond donors (Lipinski definition) is 12. The van der Waals surface area contributed by atoms with Gasteiger partial charge in [0.05, 0.1) is 30.3 Å². The molecule has 1 aliphatic heterocycles. The van der Waals surface area contributed by atoms with E-state index >= 15 is 0 Å². The van der Waals surface area contributed by atoms with Gasteiger partial charge in [-0.3, -0.25) is 81.7 Å². The zero-order valence-electron chi connectivity index (χ0n) is 68.3. The molecule has 650 valence electrons. The molecular formula is C81H120N10O25S. The van der Waals surface area contributed by atoms with Gasteiger partial charge in [0.15, 0.2) is 34.9 Å². The molecule has 15 N–H and O–H groups in total. The van der Waals surface area contributed by atoms with Crippen LogP contribution in [-0.2, 0) is 110 Å². The Labute approximate surface area is 683 Å². The van der Waals surface area contributed by atoms with Crippen molar-refractivity contribution in [2.45, 2.75) is 266 Å². The molecular weight excluding hydrogens is 1550 g/mol. The molecule has 3 rings (SSSR count). The van der Waals surface area contributed by atoms with Crippen LogP contribution in [0.5, 0.6) is 5.75 Å². The normalized spacial score (nSPS) is 15.0. The van der Waals surface area contributed by atoms with Crippen molar-refractivity contribution in [3.05, 3.63) is 65.7 Å². The van der Waals surface area contributed by atoms with Crippen LogP contribution in [0, 0.1) is 53.3 Å². The first-order valence-corrected chi connectivity index (χ1v) is 40.7. The number of aliphatic imine (C=N–C) groups is 1. The largest absolute Gasteiger partial charge is 0.508 e. The quantitative estimate of drug-likeness (QED) is 0.0191. The van der Waals surface area contributed by atoms with E-state index < -0.39 is 240 Å². The van der Waals surface area contributed by atoms with Gasteiger partial charge >= 0.3 is 28.5 Å². The number of carbonyl (C=O) groups is 17. The molecule has 2 aromatic carbocycles. The van der Waals surface area contributed by atoms with Crippen LogP contribution in [0.3, 0.4) is 0 Å². The minimum Gasteiger partial charge on any atom is -0.508 e. The summed E-state index contributed by atoms with van der Waals surface area (Å²) in [5, 5.41) is 54.4. The second kappa shape index (κ2) is 53.7. The van der Waals surface area contributed by atoms with Crippen molar-refractivity contribution in [1.82, 2.24) is 31.6 Å². The number of imide groups is 1. The van der Waals surface area contributed by atoms with Crippen molar-refractivity contribution in [3.8, 4) is 5.75 Å². The Morgan fingerprint density at radius 1 is 0.504 bits per heavy atom. The molecule has 2 aromatic rings. The zero-order chi connectivity index (χ0) is 88.3. The monoisotopic (exact) mass is 1660 g/mol. The van der Waals surface area contributed by atoms with Crippen molar-refractivity contribution in [1.29, 1.82) is 0 Å². The number of guanidine groups is 1. The number of aromatic hydroxyl groups is 1. The van der Waals surface area contributed by atoms with Crippen molar-refractivity contribution < 1.29 is 119 Å².